The number of ketones is 1. The van der Waals surface area contributed by atoms with Crippen LogP contribution in [0, 0.1) is 22.7 Å². The first-order chi connectivity index (χ1) is 13.3. The highest BCUT2D eigenvalue weighted by molar-refractivity contribution is 5.94. The summed E-state index contributed by atoms with van der Waals surface area (Å²) in [4.78, 5) is 25.9. The van der Waals surface area contributed by atoms with Gasteiger partial charge in [-0.15, -0.1) is 0 Å². The molecule has 162 valence electrons. The smallest absolute Gasteiger partial charge is 0.303 e. The minimum absolute atomic E-state index is 0.0378. The van der Waals surface area contributed by atoms with Crippen molar-refractivity contribution in [2.45, 2.75) is 83.9 Å². The maximum atomic E-state index is 13.9. The van der Waals surface area contributed by atoms with Crippen LogP contribution in [-0.4, -0.2) is 63.7 Å². The van der Waals surface area contributed by atoms with E-state index >= 15 is 0 Å². The molecule has 2 unspecified atom stereocenters. The molecule has 8 atom stereocenters. The Morgan fingerprint density at radius 3 is 2.41 bits per heavy atom. The molecule has 2 saturated carbocycles. The van der Waals surface area contributed by atoms with Crippen molar-refractivity contribution in [2.24, 2.45) is 22.7 Å². The summed E-state index contributed by atoms with van der Waals surface area (Å²) < 4.78 is 11.2. The number of Topliss-reactive ketones (excluding diaryl/α,β-unsaturated/α-hetero) is 1. The zero-order valence-electron chi connectivity index (χ0n) is 17.8. The van der Waals surface area contributed by atoms with E-state index in [0.717, 1.165) is 0 Å². The molecular weight excluding hydrogens is 376 g/mol. The van der Waals surface area contributed by atoms with E-state index in [-0.39, 0.29) is 36.6 Å². The van der Waals surface area contributed by atoms with Gasteiger partial charge in [-0.2, -0.15) is 0 Å². The molecule has 0 amide bonds. The van der Waals surface area contributed by atoms with Crippen LogP contribution in [0.25, 0.3) is 0 Å². The van der Waals surface area contributed by atoms with Crippen molar-refractivity contribution in [3.63, 3.8) is 0 Å². The highest BCUT2D eigenvalue weighted by Crippen LogP contribution is 2.61. The monoisotopic (exact) mass is 408 g/mol. The van der Waals surface area contributed by atoms with Crippen molar-refractivity contribution in [1.82, 2.24) is 0 Å². The maximum absolute atomic E-state index is 13.9. The van der Waals surface area contributed by atoms with Crippen molar-refractivity contribution < 1.29 is 34.4 Å². The van der Waals surface area contributed by atoms with Crippen molar-refractivity contribution in [3.05, 3.63) is 11.1 Å². The maximum Gasteiger partial charge on any atom is 0.303 e. The summed E-state index contributed by atoms with van der Waals surface area (Å²) in [6.45, 7) is 8.87. The molecule has 3 N–H and O–H groups in total. The number of carbonyl (C=O) groups excluding carboxylic acids is 2. The van der Waals surface area contributed by atoms with Gasteiger partial charge in [0.05, 0.1) is 35.9 Å². The van der Waals surface area contributed by atoms with Crippen LogP contribution in [0.1, 0.15) is 53.9 Å². The number of aliphatic hydroxyl groups excluding tert-OH is 2. The topological polar surface area (TPSA) is 113 Å². The summed E-state index contributed by atoms with van der Waals surface area (Å²) in [6.07, 6.45) is -2.53. The largest absolute Gasteiger partial charge is 0.450 e. The lowest BCUT2D eigenvalue weighted by atomic mass is 9.47. The number of fused-ring (bicyclic) bond motifs is 5. The third-order valence-corrected chi connectivity index (χ3v) is 8.58. The van der Waals surface area contributed by atoms with Crippen LogP contribution >= 0.6 is 0 Å². The lowest BCUT2D eigenvalue weighted by Crippen LogP contribution is -2.69. The summed E-state index contributed by atoms with van der Waals surface area (Å²) >= 11 is 0. The lowest BCUT2D eigenvalue weighted by Gasteiger charge is -2.62. The summed E-state index contributed by atoms with van der Waals surface area (Å²) in [7, 11) is 0. The first-order valence-corrected chi connectivity index (χ1v) is 10.5. The molecule has 0 aromatic carbocycles. The molecule has 1 aliphatic heterocycles. The van der Waals surface area contributed by atoms with Crippen LogP contribution in [0.5, 0.6) is 0 Å². The van der Waals surface area contributed by atoms with Crippen molar-refractivity contribution in [1.29, 1.82) is 0 Å². The van der Waals surface area contributed by atoms with Crippen LogP contribution in [0.2, 0.25) is 0 Å². The van der Waals surface area contributed by atoms with Gasteiger partial charge in [0.15, 0.2) is 11.9 Å². The van der Waals surface area contributed by atoms with Gasteiger partial charge in [-0.3, -0.25) is 9.59 Å². The van der Waals surface area contributed by atoms with E-state index in [1.54, 1.807) is 13.8 Å². The SMILES string of the molecule is CC(=O)O[C@H]1C(=O)[C@@]2(C)C(CC3(O)C[C@H](O)C(C)=C1C3(C)C)[C@@H]1CO[C@@H]1C[C@@H]2O. The highest BCUT2D eigenvalue weighted by Gasteiger charge is 2.67. The standard InChI is InChI=1S/C22H32O7/c1-10-14(24)8-22(27)7-13-12-9-28-15(12)6-16(25)21(13,5)19(26)18(29-11(2)23)17(10)20(22,3)4/h12-16,18,24-25,27H,6-9H2,1-5H3/t12-,13?,14-,15+,16-,18+,21-,22?/m0/s1. The Morgan fingerprint density at radius 1 is 1.21 bits per heavy atom. The van der Waals surface area contributed by atoms with Crippen molar-refractivity contribution >= 4 is 11.8 Å². The van der Waals surface area contributed by atoms with Gasteiger partial charge in [-0.25, -0.2) is 0 Å². The average Bonchev–Trinajstić information content (AvgIpc) is 2.59. The van der Waals surface area contributed by atoms with Crippen LogP contribution < -0.4 is 0 Å². The predicted octanol–water partition coefficient (Wildman–Crippen LogP) is 1.13. The number of carbonyl (C=O) groups is 2. The summed E-state index contributed by atoms with van der Waals surface area (Å²) in [6, 6.07) is 0. The Morgan fingerprint density at radius 2 is 1.86 bits per heavy atom. The molecule has 3 fully saturated rings. The summed E-state index contributed by atoms with van der Waals surface area (Å²) in [5, 5.41) is 33.6. The molecule has 2 bridgehead atoms. The van der Waals surface area contributed by atoms with Gasteiger partial charge in [0.2, 0.25) is 0 Å². The average molecular weight is 408 g/mol. The first kappa shape index (κ1) is 21.0. The van der Waals surface area contributed by atoms with Gasteiger partial charge in [-0.05, 0) is 37.3 Å². The number of hydrogen-bond donors (Lipinski definition) is 3. The van der Waals surface area contributed by atoms with Gasteiger partial charge in [0.1, 0.15) is 0 Å². The fraction of sp³-hybridized carbons (Fsp3) is 0.818. The minimum atomic E-state index is -1.32. The lowest BCUT2D eigenvalue weighted by molar-refractivity contribution is -0.244. The first-order valence-electron chi connectivity index (χ1n) is 10.5. The quantitative estimate of drug-likeness (QED) is 0.440. The molecule has 4 rings (SSSR count). The van der Waals surface area contributed by atoms with E-state index < -0.39 is 40.7 Å². The number of aliphatic hydroxyl groups is 3. The van der Waals surface area contributed by atoms with Crippen LogP contribution in [0.15, 0.2) is 11.1 Å². The van der Waals surface area contributed by atoms with Crippen LogP contribution in [0.4, 0.5) is 0 Å². The van der Waals surface area contributed by atoms with Crippen LogP contribution in [-0.2, 0) is 19.1 Å². The molecule has 0 radical (unpaired) electrons. The second-order valence-electron chi connectivity index (χ2n) is 10.2. The molecule has 0 aromatic rings. The molecule has 0 aromatic heterocycles. The molecule has 0 spiro atoms. The van der Waals surface area contributed by atoms with Crippen molar-refractivity contribution in [2.75, 3.05) is 6.61 Å². The molecule has 4 aliphatic rings. The highest BCUT2D eigenvalue weighted by atomic mass is 16.5. The van der Waals surface area contributed by atoms with Gasteiger partial charge in [-0.1, -0.05) is 13.8 Å². The minimum Gasteiger partial charge on any atom is -0.450 e. The Kier molecular flexibility index (Phi) is 4.60. The van der Waals surface area contributed by atoms with Gasteiger partial charge >= 0.3 is 5.97 Å². The molecule has 29 heavy (non-hydrogen) atoms. The Labute approximate surface area is 171 Å². The second-order valence-corrected chi connectivity index (χ2v) is 10.2. The Bertz CT molecular complexity index is 786. The fourth-order valence-electron chi connectivity index (χ4n) is 6.41. The van der Waals surface area contributed by atoms with Crippen molar-refractivity contribution in [3.8, 4) is 0 Å². The van der Waals surface area contributed by atoms with E-state index in [2.05, 4.69) is 0 Å². The normalized spacial score (nSPS) is 48.6. The second kappa shape index (κ2) is 6.36. The zero-order valence-corrected chi connectivity index (χ0v) is 17.8. The molecule has 1 heterocycles. The van der Waals surface area contributed by atoms with Gasteiger partial charge < -0.3 is 24.8 Å². The number of ether oxygens (including phenoxy) is 2. The third-order valence-electron chi connectivity index (χ3n) is 8.58. The molecule has 3 aliphatic carbocycles. The third kappa shape index (κ3) is 2.63. The molecule has 1 saturated heterocycles. The fourth-order valence-corrected chi connectivity index (χ4v) is 6.41. The van der Waals surface area contributed by atoms with Gasteiger partial charge in [0, 0.05) is 31.1 Å². The molecular formula is C22H32O7. The van der Waals surface area contributed by atoms with E-state index in [4.69, 9.17) is 9.47 Å². The summed E-state index contributed by atoms with van der Waals surface area (Å²) in [5.41, 5.74) is -2.38. The van der Waals surface area contributed by atoms with E-state index in [1.807, 2.05) is 13.8 Å². The number of esters is 1. The van der Waals surface area contributed by atoms with Crippen LogP contribution in [0.3, 0.4) is 0 Å². The Balaban J connectivity index is 1.95. The number of hydrogen-bond acceptors (Lipinski definition) is 7. The zero-order chi connectivity index (χ0) is 21.5. The predicted molar refractivity (Wildman–Crippen MR) is 103 cm³/mol. The Hall–Kier alpha value is -1.28. The molecule has 7 heteroatoms. The van der Waals surface area contributed by atoms with E-state index in [1.165, 1.54) is 6.92 Å². The number of rotatable bonds is 1. The van der Waals surface area contributed by atoms with E-state index in [0.29, 0.717) is 24.2 Å². The van der Waals surface area contributed by atoms with Gasteiger partial charge in [0.25, 0.3) is 0 Å². The van der Waals surface area contributed by atoms with E-state index in [9.17, 15) is 24.9 Å². The molecule has 7 nitrogen and oxygen atoms in total. The summed E-state index contributed by atoms with van der Waals surface area (Å²) in [5.74, 6) is -1.27.